The zero-order valence-electron chi connectivity index (χ0n) is 20.9. The summed E-state index contributed by atoms with van der Waals surface area (Å²) in [6.07, 6.45) is 1.16. The van der Waals surface area contributed by atoms with Crippen molar-refractivity contribution in [1.29, 1.82) is 0 Å². The number of para-hydroxylation sites is 2. The smallest absolute Gasteiger partial charge is 0.329 e. The highest BCUT2D eigenvalue weighted by Gasteiger charge is 2.54. The summed E-state index contributed by atoms with van der Waals surface area (Å²) in [5, 5.41) is 12.3. The molecule has 3 aromatic rings. The van der Waals surface area contributed by atoms with Gasteiger partial charge in [-0.3, -0.25) is 4.90 Å². The summed E-state index contributed by atoms with van der Waals surface area (Å²) < 4.78 is 0.656. The number of benzene rings is 2. The summed E-state index contributed by atoms with van der Waals surface area (Å²) in [5.41, 5.74) is 2.23. The Hall–Kier alpha value is -3.56. The van der Waals surface area contributed by atoms with Crippen molar-refractivity contribution in [2.24, 2.45) is 0 Å². The summed E-state index contributed by atoms with van der Waals surface area (Å²) in [6.45, 7) is 2.92. The Morgan fingerprint density at radius 1 is 1.00 bits per heavy atom. The van der Waals surface area contributed by atoms with Gasteiger partial charge in [-0.1, -0.05) is 48.0 Å². The van der Waals surface area contributed by atoms with E-state index in [0.29, 0.717) is 41.6 Å². The Balaban J connectivity index is 1.44. The van der Waals surface area contributed by atoms with Gasteiger partial charge >= 0.3 is 18.0 Å². The number of carbonyl (C=O) groups is 3. The van der Waals surface area contributed by atoms with E-state index in [1.54, 1.807) is 14.7 Å². The van der Waals surface area contributed by atoms with Crippen molar-refractivity contribution < 1.29 is 19.5 Å². The molecule has 5 rings (SSSR count). The number of halogens is 1. The third-order valence-electron chi connectivity index (χ3n) is 7.24. The molecule has 3 heterocycles. The molecule has 1 N–H and O–H groups in total. The number of aliphatic carboxylic acids is 1. The fourth-order valence-electron chi connectivity index (χ4n) is 5.52. The third-order valence-corrected chi connectivity index (χ3v) is 8.38. The van der Waals surface area contributed by atoms with Crippen LogP contribution < -0.4 is 4.90 Å². The molecule has 2 aromatic carbocycles. The van der Waals surface area contributed by atoms with Gasteiger partial charge < -0.3 is 19.8 Å². The van der Waals surface area contributed by atoms with E-state index in [-0.39, 0.29) is 18.6 Å². The summed E-state index contributed by atoms with van der Waals surface area (Å²) in [7, 11) is 0. The number of piperazine rings is 1. The summed E-state index contributed by atoms with van der Waals surface area (Å²) >= 11 is 7.50. The Morgan fingerprint density at radius 3 is 2.16 bits per heavy atom. The zero-order chi connectivity index (χ0) is 26.8. The Kier molecular flexibility index (Phi) is 7.58. The van der Waals surface area contributed by atoms with Crippen molar-refractivity contribution >= 4 is 52.3 Å². The predicted octanol–water partition coefficient (Wildman–Crippen LogP) is 5.90. The third kappa shape index (κ3) is 4.96. The topological polar surface area (TPSA) is 84.4 Å². The predicted molar refractivity (Wildman–Crippen MR) is 148 cm³/mol. The number of carboxylic acid groups (broad SMARTS) is 1. The number of fused-ring (bicyclic) bond motifs is 2. The molecule has 2 aliphatic rings. The van der Waals surface area contributed by atoms with E-state index >= 15 is 0 Å². The Bertz CT molecular complexity index is 1260. The van der Waals surface area contributed by atoms with Crippen molar-refractivity contribution in [3.63, 3.8) is 0 Å². The summed E-state index contributed by atoms with van der Waals surface area (Å²) in [4.78, 5) is 46.9. The van der Waals surface area contributed by atoms with Crippen LogP contribution in [0.5, 0.6) is 0 Å². The number of rotatable bonds is 6. The second-order valence-corrected chi connectivity index (χ2v) is 11.0. The first-order chi connectivity index (χ1) is 18.4. The maximum absolute atomic E-state index is 14.1. The monoisotopic (exact) mass is 552 g/mol. The van der Waals surface area contributed by atoms with E-state index in [0.717, 1.165) is 5.56 Å². The Morgan fingerprint density at radius 2 is 1.63 bits per heavy atom. The van der Waals surface area contributed by atoms with Crippen LogP contribution in [-0.4, -0.2) is 69.1 Å². The molecule has 0 radical (unpaired) electrons. The van der Waals surface area contributed by atoms with Crippen LogP contribution in [0.3, 0.4) is 0 Å². The number of amides is 4. The first kappa shape index (κ1) is 26.1. The SMILES string of the molecule is CCN(Cc1csc(Cl)c1)C(=O)N1[C@H]2CC[C@@H]1[C@@H](C(=O)O)N(C(=O)N(c1ccccc1)c1ccccc1)C2. The minimum Gasteiger partial charge on any atom is -0.480 e. The van der Waals surface area contributed by atoms with Gasteiger partial charge in [0.2, 0.25) is 0 Å². The van der Waals surface area contributed by atoms with Crippen LogP contribution in [0.4, 0.5) is 21.0 Å². The largest absolute Gasteiger partial charge is 0.480 e. The molecule has 198 valence electrons. The van der Waals surface area contributed by atoms with E-state index in [1.807, 2.05) is 79.0 Å². The van der Waals surface area contributed by atoms with E-state index in [4.69, 9.17) is 11.6 Å². The second kappa shape index (κ2) is 11.0. The lowest BCUT2D eigenvalue weighted by Crippen LogP contribution is -2.67. The molecular weight excluding hydrogens is 524 g/mol. The van der Waals surface area contributed by atoms with Gasteiger partial charge in [0.25, 0.3) is 0 Å². The number of carbonyl (C=O) groups excluding carboxylic acids is 2. The van der Waals surface area contributed by atoms with Crippen LogP contribution in [-0.2, 0) is 11.3 Å². The summed E-state index contributed by atoms with van der Waals surface area (Å²) in [5.74, 6) is -1.12. The maximum atomic E-state index is 14.1. The molecule has 0 aliphatic carbocycles. The van der Waals surface area contributed by atoms with Gasteiger partial charge in [-0.05, 0) is 61.0 Å². The number of hydrogen-bond acceptors (Lipinski definition) is 4. The Labute approximate surface area is 230 Å². The minimum atomic E-state index is -1.16. The molecule has 2 aliphatic heterocycles. The van der Waals surface area contributed by atoms with Gasteiger partial charge in [-0.2, -0.15) is 0 Å². The molecular formula is C28H29ClN4O4S. The van der Waals surface area contributed by atoms with Crippen molar-refractivity contribution in [2.45, 2.75) is 44.4 Å². The molecule has 0 saturated carbocycles. The highest BCUT2D eigenvalue weighted by Crippen LogP contribution is 2.38. The van der Waals surface area contributed by atoms with Gasteiger partial charge in [0, 0.05) is 19.6 Å². The molecule has 2 saturated heterocycles. The molecule has 1 aromatic heterocycles. The quantitative estimate of drug-likeness (QED) is 0.412. The molecule has 4 amide bonds. The molecule has 2 bridgehead atoms. The van der Waals surface area contributed by atoms with E-state index in [2.05, 4.69) is 0 Å². The lowest BCUT2D eigenvalue weighted by molar-refractivity contribution is -0.145. The van der Waals surface area contributed by atoms with Crippen LogP contribution in [0.1, 0.15) is 25.3 Å². The number of hydrogen-bond donors (Lipinski definition) is 1. The van der Waals surface area contributed by atoms with E-state index < -0.39 is 24.1 Å². The van der Waals surface area contributed by atoms with Crippen molar-refractivity contribution in [2.75, 3.05) is 18.0 Å². The number of urea groups is 2. The molecule has 38 heavy (non-hydrogen) atoms. The van der Waals surface area contributed by atoms with Crippen LogP contribution in [0.15, 0.2) is 72.1 Å². The van der Waals surface area contributed by atoms with Gasteiger partial charge in [0.05, 0.1) is 27.8 Å². The van der Waals surface area contributed by atoms with E-state index in [1.165, 1.54) is 16.2 Å². The zero-order valence-corrected chi connectivity index (χ0v) is 22.5. The molecule has 8 nitrogen and oxygen atoms in total. The maximum Gasteiger partial charge on any atom is 0.329 e. The molecule has 3 atom stereocenters. The van der Waals surface area contributed by atoms with Crippen LogP contribution in [0.2, 0.25) is 4.34 Å². The average Bonchev–Trinajstić information content (AvgIpc) is 3.48. The molecule has 2 fully saturated rings. The van der Waals surface area contributed by atoms with Crippen molar-refractivity contribution in [3.8, 4) is 0 Å². The lowest BCUT2D eigenvalue weighted by atomic mass is 10.0. The summed E-state index contributed by atoms with van der Waals surface area (Å²) in [6, 6.07) is 17.6. The number of carboxylic acids is 1. The fraction of sp³-hybridized carbons (Fsp3) is 0.321. The second-order valence-electron chi connectivity index (χ2n) is 9.49. The standard InChI is InChI=1S/C28H29ClN4O4S/c1-2-30(16-19-15-24(29)38-18-19)27(36)33-22-13-14-23(33)25(26(34)35)31(17-22)28(37)32(20-9-5-3-6-10-20)21-11-7-4-8-12-21/h3-12,15,18,22-23,25H,2,13-14,16-17H2,1H3,(H,34,35)/t22-,23+,25-/m0/s1. The van der Waals surface area contributed by atoms with Gasteiger partial charge in [-0.25, -0.2) is 14.4 Å². The number of anilines is 2. The van der Waals surface area contributed by atoms with Gasteiger partial charge in [0.15, 0.2) is 6.04 Å². The van der Waals surface area contributed by atoms with Gasteiger partial charge in [-0.15, -0.1) is 11.3 Å². The number of likely N-dealkylation sites (tertiary alicyclic amines) is 1. The van der Waals surface area contributed by atoms with Crippen molar-refractivity contribution in [1.82, 2.24) is 14.7 Å². The highest BCUT2D eigenvalue weighted by atomic mass is 35.5. The van der Waals surface area contributed by atoms with Crippen LogP contribution >= 0.6 is 22.9 Å². The normalized spacial score (nSPS) is 20.3. The average molecular weight is 553 g/mol. The first-order valence-corrected chi connectivity index (χ1v) is 13.9. The lowest BCUT2D eigenvalue weighted by Gasteiger charge is -2.47. The van der Waals surface area contributed by atoms with Gasteiger partial charge in [0.1, 0.15) is 0 Å². The van der Waals surface area contributed by atoms with Crippen LogP contribution in [0, 0.1) is 0 Å². The number of nitrogens with zero attached hydrogens (tertiary/aromatic N) is 4. The minimum absolute atomic E-state index is 0.149. The highest BCUT2D eigenvalue weighted by molar-refractivity contribution is 7.14. The molecule has 0 spiro atoms. The molecule has 0 unspecified atom stereocenters. The number of thiophene rings is 1. The molecule has 10 heteroatoms. The van der Waals surface area contributed by atoms with E-state index in [9.17, 15) is 19.5 Å². The first-order valence-electron chi connectivity index (χ1n) is 12.6. The van der Waals surface area contributed by atoms with Crippen LogP contribution in [0.25, 0.3) is 0 Å². The fourth-order valence-corrected chi connectivity index (χ4v) is 6.42. The van der Waals surface area contributed by atoms with Crippen molar-refractivity contribution in [3.05, 3.63) is 82.0 Å².